The van der Waals surface area contributed by atoms with Crippen molar-refractivity contribution >= 4 is 39.4 Å². The number of benzene rings is 3. The van der Waals surface area contributed by atoms with E-state index in [1.54, 1.807) is 48.5 Å². The predicted octanol–water partition coefficient (Wildman–Crippen LogP) is 5.83. The van der Waals surface area contributed by atoms with E-state index in [1.807, 2.05) is 0 Å². The summed E-state index contributed by atoms with van der Waals surface area (Å²) in [7, 11) is 1.53. The van der Waals surface area contributed by atoms with Gasteiger partial charge in [0.05, 0.1) is 33.8 Å². The van der Waals surface area contributed by atoms with E-state index in [4.69, 9.17) is 16.3 Å². The van der Waals surface area contributed by atoms with Crippen LogP contribution in [0.4, 0.5) is 17.1 Å². The van der Waals surface area contributed by atoms with Crippen LogP contribution in [0.5, 0.6) is 5.75 Å². The number of azo groups is 1. The molecule has 120 valence electrons. The molecule has 0 saturated carbocycles. The summed E-state index contributed by atoms with van der Waals surface area (Å²) in [6, 6.07) is 15.1. The molecule has 0 aromatic heterocycles. The third kappa shape index (κ3) is 3.04. The molecule has 0 aliphatic carbocycles. The molecule has 3 rings (SSSR count). The van der Waals surface area contributed by atoms with Gasteiger partial charge in [-0.25, -0.2) is 0 Å². The standard InChI is InChI=1S/C17H12ClN3O3/c1-24-17-9-6-11(10-14(17)18)19-20-15-7-8-16(21(22)23)13-5-3-2-4-12(13)15/h2-10H,1H3. The molecule has 0 unspecified atom stereocenters. The van der Waals surface area contributed by atoms with Crippen molar-refractivity contribution in [2.75, 3.05) is 7.11 Å². The van der Waals surface area contributed by atoms with Crippen LogP contribution in [0.15, 0.2) is 64.8 Å². The van der Waals surface area contributed by atoms with E-state index in [0.29, 0.717) is 32.9 Å². The molecule has 3 aromatic carbocycles. The summed E-state index contributed by atoms with van der Waals surface area (Å²) >= 11 is 6.06. The summed E-state index contributed by atoms with van der Waals surface area (Å²) in [5, 5.41) is 21.1. The Balaban J connectivity index is 2.03. The first-order chi connectivity index (χ1) is 11.6. The fourth-order valence-electron chi connectivity index (χ4n) is 2.34. The fraction of sp³-hybridized carbons (Fsp3) is 0.0588. The summed E-state index contributed by atoms with van der Waals surface area (Å²) in [6.45, 7) is 0. The maximum atomic E-state index is 11.1. The van der Waals surface area contributed by atoms with Gasteiger partial charge in [0.2, 0.25) is 0 Å². The van der Waals surface area contributed by atoms with Crippen molar-refractivity contribution in [2.24, 2.45) is 10.2 Å². The number of fused-ring (bicyclic) bond motifs is 1. The lowest BCUT2D eigenvalue weighted by molar-refractivity contribution is -0.383. The van der Waals surface area contributed by atoms with Crippen LogP contribution in [0.3, 0.4) is 0 Å². The van der Waals surface area contributed by atoms with Gasteiger partial charge < -0.3 is 4.74 Å². The molecule has 3 aromatic rings. The highest BCUT2D eigenvalue weighted by Crippen LogP contribution is 2.34. The number of hydrogen-bond donors (Lipinski definition) is 0. The number of nitrogens with zero attached hydrogens (tertiary/aromatic N) is 3. The van der Waals surface area contributed by atoms with Crippen molar-refractivity contribution in [1.29, 1.82) is 0 Å². The Labute approximate surface area is 142 Å². The zero-order chi connectivity index (χ0) is 17.1. The molecular formula is C17H12ClN3O3. The van der Waals surface area contributed by atoms with Gasteiger partial charge in [-0.2, -0.15) is 5.11 Å². The van der Waals surface area contributed by atoms with Gasteiger partial charge in [0, 0.05) is 11.5 Å². The molecule has 6 nitrogen and oxygen atoms in total. The van der Waals surface area contributed by atoms with Gasteiger partial charge in [-0.15, -0.1) is 5.11 Å². The molecule has 0 radical (unpaired) electrons. The highest BCUT2D eigenvalue weighted by atomic mass is 35.5. The van der Waals surface area contributed by atoms with Gasteiger partial charge in [0.25, 0.3) is 5.69 Å². The lowest BCUT2D eigenvalue weighted by Crippen LogP contribution is -1.89. The Morgan fingerprint density at radius 1 is 1.04 bits per heavy atom. The molecule has 0 atom stereocenters. The van der Waals surface area contributed by atoms with Gasteiger partial charge in [-0.3, -0.25) is 10.1 Å². The molecule has 24 heavy (non-hydrogen) atoms. The minimum absolute atomic E-state index is 0.0389. The smallest absolute Gasteiger partial charge is 0.277 e. The second kappa shape index (κ2) is 6.64. The number of methoxy groups -OCH3 is 1. The van der Waals surface area contributed by atoms with Gasteiger partial charge in [-0.05, 0) is 30.3 Å². The van der Waals surface area contributed by atoms with Crippen molar-refractivity contribution in [3.05, 3.63) is 69.7 Å². The fourth-order valence-corrected chi connectivity index (χ4v) is 2.59. The normalized spacial score (nSPS) is 11.1. The number of hydrogen-bond acceptors (Lipinski definition) is 5. The minimum Gasteiger partial charge on any atom is -0.495 e. The minimum atomic E-state index is -0.410. The number of nitro groups is 1. The first-order valence-corrected chi connectivity index (χ1v) is 7.39. The first-order valence-electron chi connectivity index (χ1n) is 7.01. The zero-order valence-corrected chi connectivity index (χ0v) is 13.4. The molecule has 0 saturated heterocycles. The monoisotopic (exact) mass is 341 g/mol. The van der Waals surface area contributed by atoms with E-state index < -0.39 is 4.92 Å². The van der Waals surface area contributed by atoms with Crippen LogP contribution < -0.4 is 4.74 Å². The van der Waals surface area contributed by atoms with Gasteiger partial charge in [-0.1, -0.05) is 29.8 Å². The van der Waals surface area contributed by atoms with Crippen molar-refractivity contribution in [3.8, 4) is 5.75 Å². The summed E-state index contributed by atoms with van der Waals surface area (Å²) < 4.78 is 5.09. The largest absolute Gasteiger partial charge is 0.495 e. The molecule has 0 fully saturated rings. The first kappa shape index (κ1) is 15.9. The van der Waals surface area contributed by atoms with Crippen molar-refractivity contribution in [1.82, 2.24) is 0 Å². The van der Waals surface area contributed by atoms with Crippen LogP contribution in [0, 0.1) is 10.1 Å². The van der Waals surface area contributed by atoms with E-state index in [-0.39, 0.29) is 5.69 Å². The number of nitro benzene ring substituents is 1. The molecule has 0 aliphatic heterocycles. The predicted molar refractivity (Wildman–Crippen MR) is 92.8 cm³/mol. The Morgan fingerprint density at radius 3 is 2.46 bits per heavy atom. The second-order valence-electron chi connectivity index (χ2n) is 4.93. The maximum absolute atomic E-state index is 11.1. The molecule has 0 spiro atoms. The third-order valence-corrected chi connectivity index (χ3v) is 3.78. The number of rotatable bonds is 4. The molecule has 0 bridgehead atoms. The maximum Gasteiger partial charge on any atom is 0.277 e. The molecule has 7 heteroatoms. The van der Waals surface area contributed by atoms with E-state index in [9.17, 15) is 10.1 Å². The number of ether oxygens (including phenoxy) is 1. The summed E-state index contributed by atoms with van der Waals surface area (Å²) in [6.07, 6.45) is 0. The van der Waals surface area contributed by atoms with Crippen LogP contribution >= 0.6 is 11.6 Å². The third-order valence-electron chi connectivity index (χ3n) is 3.48. The van der Waals surface area contributed by atoms with Crippen LogP contribution in [-0.4, -0.2) is 12.0 Å². The Kier molecular flexibility index (Phi) is 4.39. The van der Waals surface area contributed by atoms with Crippen LogP contribution in [-0.2, 0) is 0 Å². The van der Waals surface area contributed by atoms with E-state index in [2.05, 4.69) is 10.2 Å². The highest BCUT2D eigenvalue weighted by Gasteiger charge is 2.13. The van der Waals surface area contributed by atoms with Crippen LogP contribution in [0.2, 0.25) is 5.02 Å². The zero-order valence-electron chi connectivity index (χ0n) is 12.6. The number of halogens is 1. The molecular weight excluding hydrogens is 330 g/mol. The van der Waals surface area contributed by atoms with Gasteiger partial charge >= 0.3 is 0 Å². The second-order valence-corrected chi connectivity index (χ2v) is 5.33. The van der Waals surface area contributed by atoms with Crippen molar-refractivity contribution in [2.45, 2.75) is 0 Å². The average molecular weight is 342 g/mol. The SMILES string of the molecule is COc1ccc(N=Nc2ccc([N+](=O)[O-])c3ccccc23)cc1Cl. The average Bonchev–Trinajstić information content (AvgIpc) is 2.59. The molecule has 0 heterocycles. The van der Waals surface area contributed by atoms with Crippen LogP contribution in [0.25, 0.3) is 10.8 Å². The van der Waals surface area contributed by atoms with Crippen LogP contribution in [0.1, 0.15) is 0 Å². The molecule has 0 aliphatic rings. The lowest BCUT2D eigenvalue weighted by atomic mass is 10.1. The summed E-state index contributed by atoms with van der Waals surface area (Å²) in [5.74, 6) is 0.552. The van der Waals surface area contributed by atoms with E-state index in [1.165, 1.54) is 13.2 Å². The molecule has 0 N–H and O–H groups in total. The Bertz CT molecular complexity index is 957. The van der Waals surface area contributed by atoms with E-state index >= 15 is 0 Å². The van der Waals surface area contributed by atoms with Crippen molar-refractivity contribution < 1.29 is 9.66 Å². The topological polar surface area (TPSA) is 77.1 Å². The number of non-ortho nitro benzene ring substituents is 1. The van der Waals surface area contributed by atoms with Gasteiger partial charge in [0.15, 0.2) is 0 Å². The van der Waals surface area contributed by atoms with Crippen molar-refractivity contribution in [3.63, 3.8) is 0 Å². The summed E-state index contributed by atoms with van der Waals surface area (Å²) in [4.78, 5) is 10.7. The Morgan fingerprint density at radius 2 is 1.79 bits per heavy atom. The quantitative estimate of drug-likeness (QED) is 0.340. The lowest BCUT2D eigenvalue weighted by Gasteiger charge is -2.03. The molecule has 0 amide bonds. The van der Waals surface area contributed by atoms with E-state index in [0.717, 1.165) is 0 Å². The summed E-state index contributed by atoms with van der Waals surface area (Å²) in [5.41, 5.74) is 1.14. The van der Waals surface area contributed by atoms with Gasteiger partial charge in [0.1, 0.15) is 5.75 Å². The highest BCUT2D eigenvalue weighted by molar-refractivity contribution is 6.32. The Hall–Kier alpha value is -2.99.